The molecular formula is C20H24N4O3S. The average Bonchev–Trinajstić information content (AvgIpc) is 3.36. The number of rotatable bonds is 5. The van der Waals surface area contributed by atoms with Gasteiger partial charge in [-0.2, -0.15) is 9.40 Å². The van der Waals surface area contributed by atoms with E-state index in [0.717, 1.165) is 24.1 Å². The number of aromatic nitrogens is 2. The Kier molecular flexibility index (Phi) is 4.84. The van der Waals surface area contributed by atoms with Crippen LogP contribution in [-0.2, 0) is 21.9 Å². The van der Waals surface area contributed by atoms with Gasteiger partial charge in [-0.3, -0.25) is 9.48 Å². The molecule has 28 heavy (non-hydrogen) atoms. The lowest BCUT2D eigenvalue weighted by Crippen LogP contribution is -2.35. The summed E-state index contributed by atoms with van der Waals surface area (Å²) in [6, 6.07) is 8.98. The van der Waals surface area contributed by atoms with E-state index in [0.29, 0.717) is 29.8 Å². The second-order valence-corrected chi connectivity index (χ2v) is 9.53. The third-order valence-electron chi connectivity index (χ3n) is 5.86. The van der Waals surface area contributed by atoms with Crippen LogP contribution in [0.1, 0.15) is 12.8 Å². The van der Waals surface area contributed by atoms with Gasteiger partial charge in [-0.15, -0.1) is 0 Å². The van der Waals surface area contributed by atoms with E-state index < -0.39 is 10.0 Å². The van der Waals surface area contributed by atoms with Crippen molar-refractivity contribution in [2.75, 3.05) is 13.1 Å². The van der Waals surface area contributed by atoms with Crippen LogP contribution in [0.5, 0.6) is 0 Å². The number of hydrogen-bond donors (Lipinski definition) is 1. The number of carbonyl (C=O) groups excluding carboxylic acids is 1. The quantitative estimate of drug-likeness (QED) is 0.776. The van der Waals surface area contributed by atoms with Crippen molar-refractivity contribution in [3.63, 3.8) is 0 Å². The fourth-order valence-electron chi connectivity index (χ4n) is 4.43. The van der Waals surface area contributed by atoms with E-state index in [1.165, 1.54) is 6.08 Å². The van der Waals surface area contributed by atoms with Crippen molar-refractivity contribution in [3.8, 4) is 11.3 Å². The van der Waals surface area contributed by atoms with Crippen LogP contribution >= 0.6 is 0 Å². The normalized spacial score (nSPS) is 24.8. The van der Waals surface area contributed by atoms with Crippen molar-refractivity contribution in [2.24, 2.45) is 18.9 Å². The lowest BCUT2D eigenvalue weighted by atomic mass is 10.0. The van der Waals surface area contributed by atoms with Crippen LogP contribution in [0.15, 0.2) is 54.1 Å². The van der Waals surface area contributed by atoms with Gasteiger partial charge in [-0.05, 0) is 54.5 Å². The number of benzene rings is 1. The largest absolute Gasteiger partial charge is 0.350 e. The van der Waals surface area contributed by atoms with Gasteiger partial charge in [0.15, 0.2) is 0 Å². The molecule has 0 radical (unpaired) electrons. The van der Waals surface area contributed by atoms with Crippen molar-refractivity contribution in [1.82, 2.24) is 19.4 Å². The number of fused-ring (bicyclic) bond motifs is 1. The highest BCUT2D eigenvalue weighted by Crippen LogP contribution is 2.40. The Labute approximate surface area is 165 Å². The van der Waals surface area contributed by atoms with Gasteiger partial charge in [-0.1, -0.05) is 18.7 Å². The minimum absolute atomic E-state index is 0.114. The van der Waals surface area contributed by atoms with Crippen LogP contribution in [0.25, 0.3) is 11.3 Å². The van der Waals surface area contributed by atoms with E-state index in [-0.39, 0.29) is 11.9 Å². The van der Waals surface area contributed by atoms with E-state index in [9.17, 15) is 13.2 Å². The third-order valence-corrected chi connectivity index (χ3v) is 7.70. The van der Waals surface area contributed by atoms with Crippen LogP contribution in [-0.4, -0.2) is 47.5 Å². The fourth-order valence-corrected chi connectivity index (χ4v) is 5.99. The standard InChI is InChI=1S/C20H24N4O3S/c1-3-20(25)22-17-10-15-12-24(13-16(15)11-17)28(26,27)18-6-4-14(5-7-18)19-8-9-21-23(19)2/h3-9,15-17H,1,10-13H2,2H3,(H,22,25). The number of amides is 1. The Morgan fingerprint density at radius 2 is 1.82 bits per heavy atom. The van der Waals surface area contributed by atoms with Crippen LogP contribution in [0.2, 0.25) is 0 Å². The summed E-state index contributed by atoms with van der Waals surface area (Å²) in [5.74, 6) is 0.417. The van der Waals surface area contributed by atoms with Gasteiger partial charge >= 0.3 is 0 Å². The Bertz CT molecular complexity index is 983. The second-order valence-electron chi connectivity index (χ2n) is 7.59. The van der Waals surface area contributed by atoms with E-state index >= 15 is 0 Å². The van der Waals surface area contributed by atoms with Gasteiger partial charge in [0.25, 0.3) is 0 Å². The molecule has 1 aromatic carbocycles. The first-order valence-electron chi connectivity index (χ1n) is 9.40. The Morgan fingerprint density at radius 1 is 1.18 bits per heavy atom. The van der Waals surface area contributed by atoms with Crippen molar-refractivity contribution >= 4 is 15.9 Å². The molecule has 1 amide bonds. The zero-order valence-electron chi connectivity index (χ0n) is 15.8. The molecule has 2 atom stereocenters. The lowest BCUT2D eigenvalue weighted by molar-refractivity contribution is -0.117. The summed E-state index contributed by atoms with van der Waals surface area (Å²) in [6.45, 7) is 4.50. The third kappa shape index (κ3) is 3.38. The van der Waals surface area contributed by atoms with Crippen LogP contribution in [0, 0.1) is 11.8 Å². The highest BCUT2D eigenvalue weighted by Gasteiger charge is 2.45. The lowest BCUT2D eigenvalue weighted by Gasteiger charge is -2.19. The maximum absolute atomic E-state index is 13.1. The Balaban J connectivity index is 1.45. The first-order valence-corrected chi connectivity index (χ1v) is 10.8. The molecule has 2 fully saturated rings. The van der Waals surface area contributed by atoms with Gasteiger partial charge in [-0.25, -0.2) is 8.42 Å². The molecule has 1 saturated carbocycles. The molecule has 2 aromatic rings. The maximum atomic E-state index is 13.1. The summed E-state index contributed by atoms with van der Waals surface area (Å²) in [7, 11) is -1.66. The molecule has 0 bridgehead atoms. The van der Waals surface area contributed by atoms with Crippen LogP contribution in [0.3, 0.4) is 0 Å². The Morgan fingerprint density at radius 3 is 2.36 bits per heavy atom. The maximum Gasteiger partial charge on any atom is 0.243 e. The smallest absolute Gasteiger partial charge is 0.243 e. The fraction of sp³-hybridized carbons (Fsp3) is 0.400. The highest BCUT2D eigenvalue weighted by atomic mass is 32.2. The molecule has 148 valence electrons. The van der Waals surface area contributed by atoms with Crippen molar-refractivity contribution < 1.29 is 13.2 Å². The summed E-state index contributed by atoms with van der Waals surface area (Å²) in [4.78, 5) is 11.8. The molecule has 2 heterocycles. The number of sulfonamides is 1. The average molecular weight is 401 g/mol. The summed E-state index contributed by atoms with van der Waals surface area (Å²) >= 11 is 0. The summed E-state index contributed by atoms with van der Waals surface area (Å²) in [5, 5.41) is 7.08. The van der Waals surface area contributed by atoms with E-state index in [4.69, 9.17) is 0 Å². The molecular weight excluding hydrogens is 376 g/mol. The number of aryl methyl sites for hydroxylation is 1. The molecule has 1 aliphatic carbocycles. The first-order chi connectivity index (χ1) is 13.4. The van der Waals surface area contributed by atoms with Gasteiger partial charge in [0.2, 0.25) is 15.9 Å². The molecule has 8 heteroatoms. The summed E-state index contributed by atoms with van der Waals surface area (Å²) < 4.78 is 29.5. The first kappa shape index (κ1) is 18.9. The van der Waals surface area contributed by atoms with Crippen molar-refractivity contribution in [3.05, 3.63) is 49.2 Å². The van der Waals surface area contributed by atoms with Gasteiger partial charge in [0.05, 0.1) is 10.6 Å². The molecule has 1 saturated heterocycles. The van der Waals surface area contributed by atoms with Gasteiger partial charge in [0, 0.05) is 32.4 Å². The summed E-state index contributed by atoms with van der Waals surface area (Å²) in [5.41, 5.74) is 1.87. The molecule has 2 aliphatic rings. The minimum Gasteiger partial charge on any atom is -0.350 e. The number of nitrogens with zero attached hydrogens (tertiary/aromatic N) is 3. The van der Waals surface area contributed by atoms with Crippen molar-refractivity contribution in [2.45, 2.75) is 23.8 Å². The van der Waals surface area contributed by atoms with E-state index in [1.807, 2.05) is 25.2 Å². The zero-order chi connectivity index (χ0) is 19.9. The van der Waals surface area contributed by atoms with Crippen LogP contribution in [0.4, 0.5) is 0 Å². The van der Waals surface area contributed by atoms with E-state index in [1.54, 1.807) is 27.3 Å². The molecule has 1 aromatic heterocycles. The number of nitrogens with one attached hydrogen (secondary N) is 1. The molecule has 1 N–H and O–H groups in total. The highest BCUT2D eigenvalue weighted by molar-refractivity contribution is 7.89. The monoisotopic (exact) mass is 400 g/mol. The molecule has 7 nitrogen and oxygen atoms in total. The number of hydrogen-bond acceptors (Lipinski definition) is 4. The molecule has 1 aliphatic heterocycles. The molecule has 4 rings (SSSR count). The Hall–Kier alpha value is -2.45. The van der Waals surface area contributed by atoms with Crippen LogP contribution < -0.4 is 5.32 Å². The van der Waals surface area contributed by atoms with Gasteiger partial charge < -0.3 is 5.32 Å². The molecule has 0 spiro atoms. The van der Waals surface area contributed by atoms with E-state index in [2.05, 4.69) is 17.0 Å². The minimum atomic E-state index is -3.51. The predicted octanol–water partition coefficient (Wildman–Crippen LogP) is 1.79. The topological polar surface area (TPSA) is 84.3 Å². The number of carbonyl (C=O) groups is 1. The summed E-state index contributed by atoms with van der Waals surface area (Å²) in [6.07, 6.45) is 4.62. The van der Waals surface area contributed by atoms with Gasteiger partial charge in [0.1, 0.15) is 0 Å². The zero-order valence-corrected chi connectivity index (χ0v) is 16.6. The SMILES string of the molecule is C=CC(=O)NC1CC2CN(S(=O)(=O)c3ccc(-c4ccnn4C)cc3)CC2C1. The van der Waals surface area contributed by atoms with Crippen molar-refractivity contribution in [1.29, 1.82) is 0 Å². The molecule has 2 unspecified atom stereocenters. The second kappa shape index (κ2) is 7.18. The predicted molar refractivity (Wildman–Crippen MR) is 106 cm³/mol.